The SMILES string of the molecule is COCc1cc(N2CCCN(c3cc(-c4ccccc4O)nnc3N)CC2)nc(C#CCNC(=O)c2cc3ncccn3n2)n1. The number of nitrogens with two attached hydrogens (primary N) is 1. The molecule has 0 atom stereocenters. The number of carbonyl (C=O) groups is 1. The van der Waals surface area contributed by atoms with E-state index in [0.717, 1.165) is 31.0 Å². The smallest absolute Gasteiger partial charge is 0.272 e. The number of aromatic nitrogens is 7. The van der Waals surface area contributed by atoms with Crippen LogP contribution in [0.5, 0.6) is 5.75 Å². The van der Waals surface area contributed by atoms with Crippen molar-refractivity contribution in [2.24, 2.45) is 0 Å². The number of rotatable bonds is 7. The number of benzene rings is 1. The van der Waals surface area contributed by atoms with Crippen LogP contribution in [0.25, 0.3) is 16.9 Å². The van der Waals surface area contributed by atoms with E-state index in [-0.39, 0.29) is 23.9 Å². The number of methoxy groups -OCH3 is 1. The lowest BCUT2D eigenvalue weighted by atomic mass is 10.1. The van der Waals surface area contributed by atoms with Gasteiger partial charge < -0.3 is 30.7 Å². The van der Waals surface area contributed by atoms with E-state index in [2.05, 4.69) is 52.2 Å². The van der Waals surface area contributed by atoms with Crippen molar-refractivity contribution in [3.05, 3.63) is 78.1 Å². The fraction of sp³-hybridized carbons (Fsp3) is 0.258. The molecule has 6 rings (SSSR count). The van der Waals surface area contributed by atoms with Gasteiger partial charge in [0.2, 0.25) is 5.82 Å². The zero-order valence-corrected chi connectivity index (χ0v) is 24.6. The summed E-state index contributed by atoms with van der Waals surface area (Å²) in [5, 5.41) is 25.7. The van der Waals surface area contributed by atoms with E-state index in [1.807, 2.05) is 18.2 Å². The zero-order valence-electron chi connectivity index (χ0n) is 24.6. The van der Waals surface area contributed by atoms with E-state index in [9.17, 15) is 9.90 Å². The number of phenolic OH excluding ortho intramolecular Hbond substituents is 1. The van der Waals surface area contributed by atoms with Crippen molar-refractivity contribution in [1.29, 1.82) is 0 Å². The third-order valence-electron chi connectivity index (χ3n) is 7.21. The molecule has 1 aliphatic heterocycles. The Hall–Kier alpha value is -5.81. The van der Waals surface area contributed by atoms with Gasteiger partial charge in [0.25, 0.3) is 5.91 Å². The monoisotopic (exact) mass is 605 g/mol. The van der Waals surface area contributed by atoms with E-state index in [4.69, 9.17) is 15.5 Å². The van der Waals surface area contributed by atoms with Gasteiger partial charge in [-0.1, -0.05) is 18.1 Å². The normalized spacial score (nSPS) is 13.3. The quantitative estimate of drug-likeness (QED) is 0.230. The van der Waals surface area contributed by atoms with Crippen LogP contribution in [0, 0.1) is 11.8 Å². The summed E-state index contributed by atoms with van der Waals surface area (Å²) in [6.07, 6.45) is 4.20. The Kier molecular flexibility index (Phi) is 8.60. The molecule has 0 spiro atoms. The molecule has 228 valence electrons. The molecule has 14 heteroatoms. The number of ether oxygens (including phenoxy) is 1. The summed E-state index contributed by atoms with van der Waals surface area (Å²) >= 11 is 0. The van der Waals surface area contributed by atoms with Gasteiger partial charge in [-0.05, 0) is 36.6 Å². The maximum atomic E-state index is 12.5. The molecular weight excluding hydrogens is 574 g/mol. The molecule has 1 aliphatic rings. The number of fused-ring (bicyclic) bond motifs is 1. The average Bonchev–Trinajstić information content (AvgIpc) is 3.34. The van der Waals surface area contributed by atoms with Crippen molar-refractivity contribution in [1.82, 2.24) is 40.1 Å². The fourth-order valence-electron chi connectivity index (χ4n) is 5.06. The van der Waals surface area contributed by atoms with Crippen molar-refractivity contribution in [2.45, 2.75) is 13.0 Å². The van der Waals surface area contributed by atoms with Gasteiger partial charge in [0, 0.05) is 63.4 Å². The molecule has 5 heterocycles. The average molecular weight is 606 g/mol. The third-order valence-corrected chi connectivity index (χ3v) is 7.21. The Bertz CT molecular complexity index is 1870. The van der Waals surface area contributed by atoms with E-state index < -0.39 is 0 Å². The third kappa shape index (κ3) is 6.73. The number of para-hydroxylation sites is 1. The number of hydrogen-bond donors (Lipinski definition) is 3. The van der Waals surface area contributed by atoms with Gasteiger partial charge in [0.05, 0.1) is 30.2 Å². The number of carbonyl (C=O) groups excluding carboxylic acids is 1. The molecule has 1 amide bonds. The fourth-order valence-corrected chi connectivity index (χ4v) is 5.06. The number of nitrogens with zero attached hydrogens (tertiary/aromatic N) is 9. The second-order valence-electron chi connectivity index (χ2n) is 10.3. The molecule has 4 N–H and O–H groups in total. The summed E-state index contributed by atoms with van der Waals surface area (Å²) in [5.41, 5.74) is 9.70. The summed E-state index contributed by atoms with van der Waals surface area (Å²) in [6, 6.07) is 14.1. The predicted octanol–water partition coefficient (Wildman–Crippen LogP) is 1.91. The van der Waals surface area contributed by atoms with E-state index in [1.54, 1.807) is 49.8 Å². The molecule has 0 bridgehead atoms. The van der Waals surface area contributed by atoms with Crippen LogP contribution in [-0.4, -0.2) is 85.6 Å². The first-order chi connectivity index (χ1) is 22.0. The van der Waals surface area contributed by atoms with Gasteiger partial charge in [-0.3, -0.25) is 4.79 Å². The Morgan fingerprint density at radius 1 is 1.07 bits per heavy atom. The van der Waals surface area contributed by atoms with Gasteiger partial charge in [-0.25, -0.2) is 19.5 Å². The minimum atomic E-state index is -0.351. The molecule has 0 unspecified atom stereocenters. The van der Waals surface area contributed by atoms with Gasteiger partial charge in [-0.15, -0.1) is 10.2 Å². The van der Waals surface area contributed by atoms with Crippen LogP contribution in [0.4, 0.5) is 17.3 Å². The highest BCUT2D eigenvalue weighted by molar-refractivity contribution is 5.93. The highest BCUT2D eigenvalue weighted by Crippen LogP contribution is 2.32. The Morgan fingerprint density at radius 3 is 2.76 bits per heavy atom. The van der Waals surface area contributed by atoms with Crippen molar-refractivity contribution in [2.75, 3.05) is 55.4 Å². The zero-order chi connectivity index (χ0) is 31.2. The Labute approximate surface area is 258 Å². The van der Waals surface area contributed by atoms with Crippen LogP contribution < -0.4 is 20.9 Å². The van der Waals surface area contributed by atoms with Crippen LogP contribution >= 0.6 is 0 Å². The van der Waals surface area contributed by atoms with E-state index >= 15 is 0 Å². The maximum absolute atomic E-state index is 12.5. The van der Waals surface area contributed by atoms with Crippen LogP contribution in [0.2, 0.25) is 0 Å². The molecule has 45 heavy (non-hydrogen) atoms. The summed E-state index contributed by atoms with van der Waals surface area (Å²) in [6.45, 7) is 3.21. The van der Waals surface area contributed by atoms with Gasteiger partial charge in [-0.2, -0.15) is 5.10 Å². The van der Waals surface area contributed by atoms with Crippen LogP contribution in [0.15, 0.2) is 60.9 Å². The maximum Gasteiger partial charge on any atom is 0.272 e. The Balaban J connectivity index is 1.14. The first-order valence-electron chi connectivity index (χ1n) is 14.3. The lowest BCUT2D eigenvalue weighted by Gasteiger charge is -2.25. The number of anilines is 3. The minimum Gasteiger partial charge on any atom is -0.507 e. The molecule has 0 radical (unpaired) electrons. The number of phenols is 1. The second kappa shape index (κ2) is 13.2. The molecule has 5 aromatic rings. The van der Waals surface area contributed by atoms with Gasteiger partial charge >= 0.3 is 0 Å². The number of nitrogen functional groups attached to an aromatic ring is 1. The number of aromatic hydroxyl groups is 1. The summed E-state index contributed by atoms with van der Waals surface area (Å²) < 4.78 is 6.88. The van der Waals surface area contributed by atoms with Crippen LogP contribution in [0.1, 0.15) is 28.4 Å². The molecule has 1 saturated heterocycles. The molecule has 0 saturated carbocycles. The predicted molar refractivity (Wildman–Crippen MR) is 168 cm³/mol. The highest BCUT2D eigenvalue weighted by atomic mass is 16.5. The number of amides is 1. The van der Waals surface area contributed by atoms with Crippen LogP contribution in [-0.2, 0) is 11.3 Å². The topological polar surface area (TPSA) is 173 Å². The minimum absolute atomic E-state index is 0.0934. The lowest BCUT2D eigenvalue weighted by molar-refractivity contribution is 0.0953. The molecule has 14 nitrogen and oxygen atoms in total. The second-order valence-corrected chi connectivity index (χ2v) is 10.3. The van der Waals surface area contributed by atoms with Crippen LogP contribution in [0.3, 0.4) is 0 Å². The van der Waals surface area contributed by atoms with Crippen molar-refractivity contribution in [3.8, 4) is 28.8 Å². The summed E-state index contributed by atoms with van der Waals surface area (Å²) in [7, 11) is 1.61. The molecule has 0 aliphatic carbocycles. The molecule has 1 aromatic carbocycles. The molecule has 4 aromatic heterocycles. The summed E-state index contributed by atoms with van der Waals surface area (Å²) in [4.78, 5) is 30.3. The van der Waals surface area contributed by atoms with Gasteiger partial charge in [0.1, 0.15) is 11.6 Å². The lowest BCUT2D eigenvalue weighted by Crippen LogP contribution is -2.32. The standard InChI is InChI=1S/C31H31N11O3/c1-45-20-21-17-29(36-27(35-21)9-4-10-34-31(44)24-19-28-33-11-5-14-42(28)39-24)41-13-6-12-40(15-16-41)25-18-23(37-38-30(25)32)22-7-2-3-8-26(22)43/h2-3,5,7-8,11,14,17-19,43H,6,10,12-13,15-16,20H2,1H3,(H2,32,38)(H,34,44). The largest absolute Gasteiger partial charge is 0.507 e. The number of hydrogen-bond acceptors (Lipinski definition) is 12. The first kappa shape index (κ1) is 29.3. The highest BCUT2D eigenvalue weighted by Gasteiger charge is 2.21. The number of nitrogens with one attached hydrogen (secondary N) is 1. The summed E-state index contributed by atoms with van der Waals surface area (Å²) in [5.74, 6) is 7.09. The van der Waals surface area contributed by atoms with E-state index in [1.165, 1.54) is 4.52 Å². The van der Waals surface area contributed by atoms with Crippen molar-refractivity contribution >= 4 is 28.9 Å². The van der Waals surface area contributed by atoms with E-state index in [0.29, 0.717) is 53.9 Å². The molecule has 1 fully saturated rings. The van der Waals surface area contributed by atoms with Crippen molar-refractivity contribution in [3.63, 3.8) is 0 Å². The Morgan fingerprint density at radius 2 is 1.91 bits per heavy atom. The van der Waals surface area contributed by atoms with Crippen molar-refractivity contribution < 1.29 is 14.6 Å². The first-order valence-corrected chi connectivity index (χ1v) is 14.3. The van der Waals surface area contributed by atoms with Gasteiger partial charge in [0.15, 0.2) is 17.2 Å². The molecular formula is C31H31N11O3.